The van der Waals surface area contributed by atoms with Crippen molar-refractivity contribution < 1.29 is 19.0 Å². The van der Waals surface area contributed by atoms with Crippen molar-refractivity contribution in [2.75, 3.05) is 30.8 Å². The lowest BCUT2D eigenvalue weighted by atomic mass is 10.1. The number of carboxylic acid groups (broad SMARTS) is 1. The molecule has 0 atom stereocenters. The summed E-state index contributed by atoms with van der Waals surface area (Å²) in [7, 11) is 1.57. The summed E-state index contributed by atoms with van der Waals surface area (Å²) in [6, 6.07) is 9.97. The highest BCUT2D eigenvalue weighted by Crippen LogP contribution is 2.33. The van der Waals surface area contributed by atoms with Crippen LogP contribution in [0.1, 0.15) is 23.0 Å². The van der Waals surface area contributed by atoms with Crippen LogP contribution in [-0.4, -0.2) is 45.8 Å². The third-order valence-electron chi connectivity index (χ3n) is 5.67. The summed E-state index contributed by atoms with van der Waals surface area (Å²) < 4.78 is 21.9. The van der Waals surface area contributed by atoms with Crippen LogP contribution < -0.4 is 15.4 Å². The van der Waals surface area contributed by atoms with Gasteiger partial charge in [-0.3, -0.25) is 0 Å². The number of nitrogens with zero attached hydrogens (tertiary/aromatic N) is 3. The number of aryl methyl sites for hydroxylation is 1. The molecule has 0 spiro atoms. The minimum atomic E-state index is -1.11. The topological polar surface area (TPSA) is 101 Å². The fourth-order valence-corrected chi connectivity index (χ4v) is 4.42. The molecule has 0 saturated heterocycles. The summed E-state index contributed by atoms with van der Waals surface area (Å²) in [5, 5.41) is 16.6. The molecule has 8 nitrogen and oxygen atoms in total. The molecule has 2 aromatic carbocycles. The van der Waals surface area contributed by atoms with Crippen molar-refractivity contribution in [1.29, 1.82) is 0 Å². The second kappa shape index (κ2) is 10.2. The maximum Gasteiger partial charge on any atom is 0.339 e. The van der Waals surface area contributed by atoms with Crippen LogP contribution in [0.25, 0.3) is 22.2 Å². The molecule has 0 aliphatic carbocycles. The van der Waals surface area contributed by atoms with E-state index in [0.717, 1.165) is 11.1 Å². The Bertz CT molecular complexity index is 1410. The van der Waals surface area contributed by atoms with Gasteiger partial charge in [0.1, 0.15) is 29.3 Å². The molecule has 0 saturated carbocycles. The maximum atomic E-state index is 14.6. The Kier molecular flexibility index (Phi) is 7.07. The summed E-state index contributed by atoms with van der Waals surface area (Å²) in [6.07, 6.45) is 1.42. The Morgan fingerprint density at radius 2 is 2.00 bits per heavy atom. The average Bonchev–Trinajstić information content (AvgIpc) is 3.16. The van der Waals surface area contributed by atoms with Crippen molar-refractivity contribution in [3.63, 3.8) is 0 Å². The Hall–Kier alpha value is -3.85. The zero-order valence-corrected chi connectivity index (χ0v) is 20.3. The number of hydrogen-bond donors (Lipinski definition) is 3. The second-order valence-electron chi connectivity index (χ2n) is 7.88. The normalized spacial score (nSPS) is 11.0. The first-order chi connectivity index (χ1) is 16.8. The standard InChI is InChI=1S/C25H25ClFN5O3/c1-4-28-20-11-15(10-17(26)23(20)25(33)34)19-12-22(31-13-30-19)29-7-8-32-14(2)9-16-21(35-3)6-5-18(27)24(16)32/h5-6,9-13,28H,4,7-8H2,1-3H3,(H,33,34)(H,29,30,31). The van der Waals surface area contributed by atoms with E-state index in [1.807, 2.05) is 24.5 Å². The molecule has 0 aliphatic heterocycles. The molecule has 0 amide bonds. The SMILES string of the molecule is CCNc1cc(-c2cc(NCCn3c(C)cc4c(OC)ccc(F)c43)ncn2)cc(Cl)c1C(=O)O. The van der Waals surface area contributed by atoms with Gasteiger partial charge in [0, 0.05) is 42.3 Å². The molecule has 0 unspecified atom stereocenters. The lowest BCUT2D eigenvalue weighted by molar-refractivity contribution is 0.0698. The van der Waals surface area contributed by atoms with Gasteiger partial charge in [0.15, 0.2) is 0 Å². The van der Waals surface area contributed by atoms with Crippen LogP contribution >= 0.6 is 11.6 Å². The highest BCUT2D eigenvalue weighted by Gasteiger charge is 2.18. The average molecular weight is 498 g/mol. The zero-order chi connectivity index (χ0) is 25.1. The number of carboxylic acids is 1. The summed E-state index contributed by atoms with van der Waals surface area (Å²) >= 11 is 6.27. The van der Waals surface area contributed by atoms with Gasteiger partial charge in [-0.1, -0.05) is 11.6 Å². The number of halogens is 2. The summed E-state index contributed by atoms with van der Waals surface area (Å²) in [4.78, 5) is 20.2. The fraction of sp³-hybridized carbons (Fsp3) is 0.240. The van der Waals surface area contributed by atoms with Gasteiger partial charge in [0.05, 0.1) is 29.0 Å². The molecule has 10 heteroatoms. The lowest BCUT2D eigenvalue weighted by Gasteiger charge is -2.13. The van der Waals surface area contributed by atoms with E-state index in [9.17, 15) is 14.3 Å². The van der Waals surface area contributed by atoms with Gasteiger partial charge >= 0.3 is 5.97 Å². The van der Waals surface area contributed by atoms with Gasteiger partial charge < -0.3 is 25.0 Å². The molecule has 182 valence electrons. The van der Waals surface area contributed by atoms with E-state index in [1.54, 1.807) is 31.4 Å². The molecule has 0 aliphatic rings. The van der Waals surface area contributed by atoms with Gasteiger partial charge in [-0.25, -0.2) is 19.2 Å². The van der Waals surface area contributed by atoms with Crippen LogP contribution in [0.2, 0.25) is 5.02 Å². The third kappa shape index (κ3) is 4.85. The monoisotopic (exact) mass is 497 g/mol. The molecule has 0 bridgehead atoms. The Morgan fingerprint density at radius 1 is 1.20 bits per heavy atom. The molecule has 2 aromatic heterocycles. The number of methoxy groups -OCH3 is 1. The predicted molar refractivity (Wildman–Crippen MR) is 135 cm³/mol. The van der Waals surface area contributed by atoms with Gasteiger partial charge in [0.25, 0.3) is 0 Å². The van der Waals surface area contributed by atoms with Crippen molar-refractivity contribution in [3.8, 4) is 17.0 Å². The summed E-state index contributed by atoms with van der Waals surface area (Å²) in [5.74, 6) is -0.215. The Labute approximate surface area is 206 Å². The molecule has 0 radical (unpaired) electrons. The van der Waals surface area contributed by atoms with Gasteiger partial charge in [0.2, 0.25) is 0 Å². The molecular formula is C25H25ClFN5O3. The molecule has 4 rings (SSSR count). The van der Waals surface area contributed by atoms with Crippen LogP contribution in [0, 0.1) is 12.7 Å². The Balaban J connectivity index is 1.56. The number of aromatic nitrogens is 3. The van der Waals surface area contributed by atoms with E-state index in [0.29, 0.717) is 53.7 Å². The third-order valence-corrected chi connectivity index (χ3v) is 5.97. The Morgan fingerprint density at radius 3 is 2.71 bits per heavy atom. The van der Waals surface area contributed by atoms with Crippen LogP contribution in [0.15, 0.2) is 42.7 Å². The zero-order valence-electron chi connectivity index (χ0n) is 19.5. The van der Waals surface area contributed by atoms with E-state index in [1.165, 1.54) is 12.4 Å². The summed E-state index contributed by atoms with van der Waals surface area (Å²) in [5.41, 5.74) is 3.08. The minimum Gasteiger partial charge on any atom is -0.496 e. The number of fused-ring (bicyclic) bond motifs is 1. The molecule has 2 heterocycles. The molecule has 0 fully saturated rings. The number of rotatable bonds is 9. The van der Waals surface area contributed by atoms with Crippen LogP contribution in [0.4, 0.5) is 15.9 Å². The number of ether oxygens (including phenoxy) is 1. The van der Waals surface area contributed by atoms with Crippen molar-refractivity contribution in [3.05, 3.63) is 64.8 Å². The largest absolute Gasteiger partial charge is 0.496 e. The molecule has 35 heavy (non-hydrogen) atoms. The molecular weight excluding hydrogens is 473 g/mol. The first-order valence-electron chi connectivity index (χ1n) is 11.0. The fourth-order valence-electron chi connectivity index (χ4n) is 4.12. The second-order valence-corrected chi connectivity index (χ2v) is 8.29. The number of hydrogen-bond acceptors (Lipinski definition) is 6. The predicted octanol–water partition coefficient (Wildman–Crippen LogP) is 5.45. The molecule has 4 aromatic rings. The number of aromatic carboxylic acids is 1. The van der Waals surface area contributed by atoms with Crippen molar-refractivity contribution >= 4 is 40.0 Å². The number of anilines is 2. The van der Waals surface area contributed by atoms with Crippen molar-refractivity contribution in [1.82, 2.24) is 14.5 Å². The number of carbonyl (C=O) groups is 1. The van der Waals surface area contributed by atoms with Gasteiger partial charge in [-0.05, 0) is 44.2 Å². The van der Waals surface area contributed by atoms with Gasteiger partial charge in [-0.15, -0.1) is 0 Å². The first kappa shape index (κ1) is 24.3. The van der Waals surface area contributed by atoms with Crippen LogP contribution in [-0.2, 0) is 6.54 Å². The smallest absolute Gasteiger partial charge is 0.339 e. The quantitative estimate of drug-likeness (QED) is 0.282. The van der Waals surface area contributed by atoms with E-state index in [-0.39, 0.29) is 16.4 Å². The minimum absolute atomic E-state index is 0.0165. The lowest BCUT2D eigenvalue weighted by Crippen LogP contribution is -2.13. The van der Waals surface area contributed by atoms with E-state index < -0.39 is 5.97 Å². The van der Waals surface area contributed by atoms with E-state index in [4.69, 9.17) is 16.3 Å². The molecule has 3 N–H and O–H groups in total. The van der Waals surface area contributed by atoms with E-state index in [2.05, 4.69) is 20.6 Å². The highest BCUT2D eigenvalue weighted by atomic mass is 35.5. The van der Waals surface area contributed by atoms with Crippen LogP contribution in [0.3, 0.4) is 0 Å². The van der Waals surface area contributed by atoms with Crippen molar-refractivity contribution in [2.45, 2.75) is 20.4 Å². The van der Waals surface area contributed by atoms with Crippen molar-refractivity contribution in [2.24, 2.45) is 0 Å². The van der Waals surface area contributed by atoms with Crippen LogP contribution in [0.5, 0.6) is 5.75 Å². The van der Waals surface area contributed by atoms with E-state index >= 15 is 0 Å². The summed E-state index contributed by atoms with van der Waals surface area (Å²) in [6.45, 7) is 5.32. The van der Waals surface area contributed by atoms with Gasteiger partial charge in [-0.2, -0.15) is 0 Å². The highest BCUT2D eigenvalue weighted by molar-refractivity contribution is 6.34. The number of nitrogens with one attached hydrogen (secondary N) is 2. The maximum absolute atomic E-state index is 14.6. The number of benzene rings is 2. The first-order valence-corrected chi connectivity index (χ1v) is 11.4.